The second kappa shape index (κ2) is 15.3. The molecule has 3 aromatic carbocycles. The van der Waals surface area contributed by atoms with Gasteiger partial charge in [-0.3, -0.25) is 19.3 Å². The van der Waals surface area contributed by atoms with E-state index in [4.69, 9.17) is 40.7 Å². The van der Waals surface area contributed by atoms with Gasteiger partial charge in [0.05, 0.1) is 28.2 Å². The zero-order chi connectivity index (χ0) is 27.1. The summed E-state index contributed by atoms with van der Waals surface area (Å²) in [5.41, 5.74) is 8.39. The van der Waals surface area contributed by atoms with Crippen LogP contribution in [0.15, 0.2) is 105 Å². The van der Waals surface area contributed by atoms with E-state index in [-0.39, 0.29) is 5.91 Å². The summed E-state index contributed by atoms with van der Waals surface area (Å²) in [6.07, 6.45) is 6.45. The highest BCUT2D eigenvalue weighted by Crippen LogP contribution is 2.12. The standard InChI is InChI=1S/C25H20Cl2N4O.H2O4S/c26-22(15-19-7-3-1-4-8-19)17-28-30-24-13-11-21(12-14-24)25(32)31-29-18-23(27)16-20-9-5-2-6-10-20;1-5(2,3)4/h1-18,30H,(H,31,32);(H2,1,2,3,4)/b22-15?,23-16+,28-17+,29-18?;. The summed E-state index contributed by atoms with van der Waals surface area (Å²) in [4.78, 5) is 12.2. The average Bonchev–Trinajstić information content (AvgIpc) is 2.84. The summed E-state index contributed by atoms with van der Waals surface area (Å²) in [7, 11) is -4.67. The van der Waals surface area contributed by atoms with Gasteiger partial charge in [-0.2, -0.15) is 18.6 Å². The lowest BCUT2D eigenvalue weighted by atomic mass is 10.2. The number of halogens is 2. The lowest BCUT2D eigenvalue weighted by Crippen LogP contribution is -2.17. The van der Waals surface area contributed by atoms with Crippen LogP contribution in [-0.2, 0) is 10.4 Å². The first-order valence-electron chi connectivity index (χ1n) is 10.4. The molecule has 9 nitrogen and oxygen atoms in total. The van der Waals surface area contributed by atoms with Crippen LogP contribution in [-0.4, -0.2) is 35.9 Å². The van der Waals surface area contributed by atoms with Gasteiger partial charge in [-0.05, 0) is 47.5 Å². The Balaban J connectivity index is 0.000000877. The highest BCUT2D eigenvalue weighted by Gasteiger charge is 2.03. The Bertz CT molecular complexity index is 1370. The Hall–Kier alpha value is -3.80. The first-order chi connectivity index (χ1) is 17.6. The third kappa shape index (κ3) is 13.8. The van der Waals surface area contributed by atoms with Crippen LogP contribution >= 0.6 is 23.2 Å². The molecule has 1 amide bonds. The van der Waals surface area contributed by atoms with Gasteiger partial charge in [0.15, 0.2) is 0 Å². The fourth-order valence-electron chi connectivity index (χ4n) is 2.57. The lowest BCUT2D eigenvalue weighted by molar-refractivity contribution is 0.0955. The van der Waals surface area contributed by atoms with E-state index in [0.717, 1.165) is 11.1 Å². The van der Waals surface area contributed by atoms with Crippen LogP contribution in [0.5, 0.6) is 0 Å². The minimum atomic E-state index is -4.67. The summed E-state index contributed by atoms with van der Waals surface area (Å²) < 4.78 is 31.6. The molecule has 4 N–H and O–H groups in total. The largest absolute Gasteiger partial charge is 0.394 e. The van der Waals surface area contributed by atoms with Crippen LogP contribution in [0.3, 0.4) is 0 Å². The van der Waals surface area contributed by atoms with Crippen molar-refractivity contribution in [2.45, 2.75) is 0 Å². The van der Waals surface area contributed by atoms with Crippen molar-refractivity contribution in [2.24, 2.45) is 10.2 Å². The fourth-order valence-corrected chi connectivity index (χ4v) is 2.92. The van der Waals surface area contributed by atoms with Crippen LogP contribution in [0.25, 0.3) is 12.2 Å². The van der Waals surface area contributed by atoms with Crippen molar-refractivity contribution in [2.75, 3.05) is 5.43 Å². The van der Waals surface area contributed by atoms with E-state index in [1.54, 1.807) is 30.3 Å². The quantitative estimate of drug-likeness (QED) is 0.158. The molecular formula is C25H22Cl2N4O5S. The molecule has 192 valence electrons. The minimum Gasteiger partial charge on any atom is -0.278 e. The summed E-state index contributed by atoms with van der Waals surface area (Å²) in [6.45, 7) is 0. The van der Waals surface area contributed by atoms with E-state index in [0.29, 0.717) is 21.3 Å². The molecule has 0 aliphatic heterocycles. The number of anilines is 1. The van der Waals surface area contributed by atoms with E-state index in [1.807, 2.05) is 66.7 Å². The number of nitrogens with zero attached hydrogens (tertiary/aromatic N) is 2. The number of carbonyl (C=O) groups is 1. The van der Waals surface area contributed by atoms with Gasteiger partial charge >= 0.3 is 10.4 Å². The minimum absolute atomic E-state index is 0.352. The van der Waals surface area contributed by atoms with Gasteiger partial charge in [-0.1, -0.05) is 83.9 Å². The van der Waals surface area contributed by atoms with Crippen LogP contribution in [0, 0.1) is 0 Å². The van der Waals surface area contributed by atoms with Crippen molar-refractivity contribution in [3.63, 3.8) is 0 Å². The maximum Gasteiger partial charge on any atom is 0.394 e. The SMILES string of the molecule is O=C(NN=C/C(Cl)=C\c1ccccc1)c1ccc(N/N=C/C(Cl)=Cc2ccccc2)cc1.O=S(=O)(O)O. The number of hydrogen-bond acceptors (Lipinski definition) is 6. The molecule has 0 saturated heterocycles. The summed E-state index contributed by atoms with van der Waals surface area (Å²) in [6, 6.07) is 26.1. The van der Waals surface area contributed by atoms with E-state index < -0.39 is 10.4 Å². The molecule has 0 aromatic heterocycles. The molecule has 0 fully saturated rings. The van der Waals surface area contributed by atoms with Crippen molar-refractivity contribution < 1.29 is 22.3 Å². The zero-order valence-electron chi connectivity index (χ0n) is 19.1. The van der Waals surface area contributed by atoms with Crippen molar-refractivity contribution >= 4 is 69.8 Å². The fraction of sp³-hybridized carbons (Fsp3) is 0. The maximum atomic E-state index is 12.2. The number of amides is 1. The Morgan fingerprint density at radius 2 is 1.16 bits per heavy atom. The molecule has 37 heavy (non-hydrogen) atoms. The van der Waals surface area contributed by atoms with E-state index >= 15 is 0 Å². The summed E-state index contributed by atoms with van der Waals surface area (Å²) in [5.74, 6) is -0.352. The van der Waals surface area contributed by atoms with Crippen LogP contribution in [0.1, 0.15) is 21.5 Å². The predicted octanol–water partition coefficient (Wildman–Crippen LogP) is 5.71. The van der Waals surface area contributed by atoms with Crippen LogP contribution in [0.2, 0.25) is 0 Å². The van der Waals surface area contributed by atoms with E-state index in [9.17, 15) is 4.79 Å². The Labute approximate surface area is 224 Å². The highest BCUT2D eigenvalue weighted by molar-refractivity contribution is 7.79. The summed E-state index contributed by atoms with van der Waals surface area (Å²) in [5, 5.41) is 8.86. The van der Waals surface area contributed by atoms with Gasteiger partial charge in [-0.25, -0.2) is 5.43 Å². The number of rotatable bonds is 8. The van der Waals surface area contributed by atoms with Crippen LogP contribution in [0.4, 0.5) is 5.69 Å². The van der Waals surface area contributed by atoms with Gasteiger partial charge in [-0.15, -0.1) is 0 Å². The maximum absolute atomic E-state index is 12.2. The monoisotopic (exact) mass is 560 g/mol. The van der Waals surface area contributed by atoms with Crippen molar-refractivity contribution in [3.05, 3.63) is 112 Å². The van der Waals surface area contributed by atoms with Gasteiger partial charge in [0.25, 0.3) is 5.91 Å². The van der Waals surface area contributed by atoms with Crippen molar-refractivity contribution in [1.82, 2.24) is 5.43 Å². The van der Waals surface area contributed by atoms with Gasteiger partial charge in [0, 0.05) is 5.56 Å². The highest BCUT2D eigenvalue weighted by atomic mass is 35.5. The number of nitrogens with one attached hydrogen (secondary N) is 2. The van der Waals surface area contributed by atoms with Gasteiger partial charge < -0.3 is 0 Å². The molecule has 3 aromatic rings. The molecular weight excluding hydrogens is 539 g/mol. The third-order valence-electron chi connectivity index (χ3n) is 4.09. The molecule has 0 saturated carbocycles. The molecule has 3 rings (SSSR count). The molecule has 0 radical (unpaired) electrons. The van der Waals surface area contributed by atoms with E-state index in [1.165, 1.54) is 12.4 Å². The summed E-state index contributed by atoms with van der Waals surface area (Å²) >= 11 is 12.3. The molecule has 0 aliphatic rings. The first-order valence-corrected chi connectivity index (χ1v) is 12.5. The van der Waals surface area contributed by atoms with Crippen LogP contribution < -0.4 is 10.9 Å². The Morgan fingerprint density at radius 1 is 0.730 bits per heavy atom. The molecule has 0 heterocycles. The van der Waals surface area contributed by atoms with Crippen molar-refractivity contribution in [1.29, 1.82) is 0 Å². The topological polar surface area (TPSA) is 140 Å². The molecule has 0 atom stereocenters. The molecule has 0 unspecified atom stereocenters. The molecule has 0 aliphatic carbocycles. The van der Waals surface area contributed by atoms with Crippen molar-refractivity contribution in [3.8, 4) is 0 Å². The lowest BCUT2D eigenvalue weighted by Gasteiger charge is -2.03. The number of benzene rings is 3. The second-order valence-corrected chi connectivity index (χ2v) is 8.74. The number of hydrogen-bond donors (Lipinski definition) is 4. The smallest absolute Gasteiger partial charge is 0.278 e. The van der Waals surface area contributed by atoms with Gasteiger partial charge in [0.1, 0.15) is 0 Å². The number of allylic oxidation sites excluding steroid dienone is 2. The Kier molecular flexibility index (Phi) is 12.2. The zero-order valence-corrected chi connectivity index (χ0v) is 21.4. The van der Waals surface area contributed by atoms with Gasteiger partial charge in [0.2, 0.25) is 0 Å². The first kappa shape index (κ1) is 29.4. The molecule has 0 spiro atoms. The average molecular weight is 561 g/mol. The number of hydrazone groups is 2. The predicted molar refractivity (Wildman–Crippen MR) is 149 cm³/mol. The third-order valence-corrected chi connectivity index (χ3v) is 4.50. The normalized spacial score (nSPS) is 12.2. The molecule has 0 bridgehead atoms. The second-order valence-electron chi connectivity index (χ2n) is 6.97. The molecule has 12 heteroatoms. The number of carbonyl (C=O) groups excluding carboxylic acids is 1. The van der Waals surface area contributed by atoms with E-state index in [2.05, 4.69) is 21.1 Å². The Morgan fingerprint density at radius 3 is 1.62 bits per heavy atom.